The molecule has 0 aromatic carbocycles. The molecule has 0 radical (unpaired) electrons. The molecule has 27 heavy (non-hydrogen) atoms. The summed E-state index contributed by atoms with van der Waals surface area (Å²) in [6.45, 7) is 8.43. The molecule has 146 valence electrons. The van der Waals surface area contributed by atoms with Crippen LogP contribution in [0.3, 0.4) is 0 Å². The zero-order chi connectivity index (χ0) is 19.8. The largest absolute Gasteiger partial charge is 0.496 e. The number of pyridine rings is 1. The lowest BCUT2D eigenvalue weighted by atomic mass is 9.80. The molecule has 0 bridgehead atoms. The number of carbonyl (C=O) groups is 2. The van der Waals surface area contributed by atoms with Crippen LogP contribution in [0.5, 0.6) is 0 Å². The summed E-state index contributed by atoms with van der Waals surface area (Å²) in [7, 11) is -0.500. The minimum absolute atomic E-state index is 0.0924. The first-order chi connectivity index (χ1) is 12.6. The van der Waals surface area contributed by atoms with Gasteiger partial charge in [0.1, 0.15) is 11.9 Å². The van der Waals surface area contributed by atoms with Crippen LogP contribution in [0.25, 0.3) is 0 Å². The number of hydrogen-bond acceptors (Lipinski definition) is 6. The van der Waals surface area contributed by atoms with E-state index in [2.05, 4.69) is 10.3 Å². The molecule has 2 saturated heterocycles. The maximum Gasteiger partial charge on any atom is 0.496 e. The Balaban J connectivity index is 1.65. The Morgan fingerprint density at radius 2 is 1.96 bits per heavy atom. The molecule has 0 spiro atoms. The second-order valence-electron chi connectivity index (χ2n) is 8.00. The van der Waals surface area contributed by atoms with E-state index in [9.17, 15) is 9.59 Å². The number of nitrogens with zero attached hydrogens (tertiary/aromatic N) is 2. The van der Waals surface area contributed by atoms with Gasteiger partial charge < -0.3 is 25.3 Å². The first kappa shape index (κ1) is 19.8. The second-order valence-corrected chi connectivity index (χ2v) is 8.00. The van der Waals surface area contributed by atoms with Gasteiger partial charge in [-0.1, -0.05) is 6.07 Å². The topological polar surface area (TPSA) is 107 Å². The number of carbonyl (C=O) groups excluding carboxylic acids is 2. The molecule has 2 aliphatic heterocycles. The number of nitrogens with two attached hydrogens (primary N) is 1. The number of rotatable bonds is 4. The van der Waals surface area contributed by atoms with Crippen LogP contribution in [0.1, 0.15) is 40.5 Å². The van der Waals surface area contributed by atoms with Crippen molar-refractivity contribution < 1.29 is 18.9 Å². The normalized spacial score (nSPS) is 23.5. The number of nitrogens with one attached hydrogen (secondary N) is 1. The Kier molecular flexibility index (Phi) is 5.29. The van der Waals surface area contributed by atoms with E-state index >= 15 is 0 Å². The van der Waals surface area contributed by atoms with Gasteiger partial charge in [0.25, 0.3) is 0 Å². The van der Waals surface area contributed by atoms with Crippen molar-refractivity contribution in [2.24, 2.45) is 5.73 Å². The van der Waals surface area contributed by atoms with Crippen molar-refractivity contribution in [1.29, 1.82) is 0 Å². The number of anilines is 1. The molecular weight excluding hydrogens is 347 g/mol. The van der Waals surface area contributed by atoms with Crippen LogP contribution in [-0.4, -0.2) is 59.2 Å². The van der Waals surface area contributed by atoms with Crippen molar-refractivity contribution in [2.45, 2.75) is 57.8 Å². The van der Waals surface area contributed by atoms with Gasteiger partial charge in [0.15, 0.2) is 0 Å². The van der Waals surface area contributed by atoms with E-state index in [1.165, 1.54) is 4.90 Å². The third-order valence-electron chi connectivity index (χ3n) is 5.61. The summed E-state index contributed by atoms with van der Waals surface area (Å²) >= 11 is 0. The number of likely N-dealkylation sites (tertiary alicyclic amines) is 1. The molecule has 1 atom stereocenters. The third kappa shape index (κ3) is 3.85. The van der Waals surface area contributed by atoms with Crippen LogP contribution in [0.4, 0.5) is 5.82 Å². The molecule has 8 nitrogen and oxygen atoms in total. The van der Waals surface area contributed by atoms with Crippen molar-refractivity contribution in [1.82, 2.24) is 9.88 Å². The van der Waals surface area contributed by atoms with Gasteiger partial charge in [0.05, 0.1) is 17.7 Å². The highest BCUT2D eigenvalue weighted by Gasteiger charge is 2.51. The third-order valence-corrected chi connectivity index (χ3v) is 5.61. The average molecular weight is 374 g/mol. The van der Waals surface area contributed by atoms with E-state index in [0.29, 0.717) is 18.8 Å². The van der Waals surface area contributed by atoms with Gasteiger partial charge in [0.2, 0.25) is 11.8 Å². The summed E-state index contributed by atoms with van der Waals surface area (Å²) in [4.78, 5) is 30.2. The van der Waals surface area contributed by atoms with E-state index < -0.39 is 24.4 Å². The summed E-state index contributed by atoms with van der Waals surface area (Å²) in [5.74, 6) is -0.0331. The highest BCUT2D eigenvalue weighted by molar-refractivity contribution is 6.62. The molecule has 9 heteroatoms. The number of amides is 2. The van der Waals surface area contributed by atoms with Crippen LogP contribution >= 0.6 is 0 Å². The highest BCUT2D eigenvalue weighted by Crippen LogP contribution is 2.36. The van der Waals surface area contributed by atoms with Gasteiger partial charge >= 0.3 is 7.12 Å². The molecule has 0 saturated carbocycles. The van der Waals surface area contributed by atoms with Gasteiger partial charge in [-0.3, -0.25) is 9.59 Å². The van der Waals surface area contributed by atoms with Gasteiger partial charge in [0, 0.05) is 18.2 Å². The molecule has 1 unspecified atom stereocenters. The lowest BCUT2D eigenvalue weighted by Gasteiger charge is -2.32. The lowest BCUT2D eigenvalue weighted by Crippen LogP contribution is -2.45. The molecule has 0 aliphatic carbocycles. The first-order valence-electron chi connectivity index (χ1n) is 9.26. The zero-order valence-electron chi connectivity index (χ0n) is 16.3. The summed E-state index contributed by atoms with van der Waals surface area (Å²) in [5.41, 5.74) is 5.36. The van der Waals surface area contributed by atoms with E-state index in [0.717, 1.165) is 11.9 Å². The van der Waals surface area contributed by atoms with Gasteiger partial charge in [-0.25, -0.2) is 4.98 Å². The van der Waals surface area contributed by atoms with Gasteiger partial charge in [-0.05, 0) is 46.6 Å². The van der Waals surface area contributed by atoms with Gasteiger partial charge in [-0.2, -0.15) is 0 Å². The second kappa shape index (κ2) is 7.22. The SMILES string of the molecule is CC1(C)OB(c2ccc(NC(=O)C3CCCN3C(=O)CN)nc2)OC1(C)C. The summed E-state index contributed by atoms with van der Waals surface area (Å²) in [6.07, 6.45) is 3.05. The molecule has 1 aromatic rings. The molecule has 3 rings (SSSR count). The molecule has 2 amide bonds. The van der Waals surface area contributed by atoms with E-state index in [-0.39, 0.29) is 18.4 Å². The van der Waals surface area contributed by atoms with Crippen LogP contribution in [-0.2, 0) is 18.9 Å². The fraction of sp³-hybridized carbons (Fsp3) is 0.611. The minimum Gasteiger partial charge on any atom is -0.399 e. The molecule has 1 aromatic heterocycles. The van der Waals surface area contributed by atoms with Crippen molar-refractivity contribution in [3.63, 3.8) is 0 Å². The van der Waals surface area contributed by atoms with Crippen LogP contribution in [0, 0.1) is 0 Å². The van der Waals surface area contributed by atoms with Gasteiger partial charge in [-0.15, -0.1) is 0 Å². The van der Waals surface area contributed by atoms with Crippen LogP contribution < -0.4 is 16.5 Å². The van der Waals surface area contributed by atoms with Crippen molar-refractivity contribution in [3.05, 3.63) is 18.3 Å². The zero-order valence-corrected chi connectivity index (χ0v) is 16.3. The van der Waals surface area contributed by atoms with E-state index in [1.807, 2.05) is 33.8 Å². The minimum atomic E-state index is -0.500. The smallest absolute Gasteiger partial charge is 0.399 e. The standard InChI is InChI=1S/C18H27BN4O4/c1-17(2)18(3,4)27-19(26-17)12-7-8-14(21-11-12)22-16(25)13-6-5-9-23(13)15(24)10-20/h7-8,11,13H,5-6,9-10,20H2,1-4H3,(H,21,22,25). The summed E-state index contributed by atoms with van der Waals surface area (Å²) in [6, 6.07) is 3.04. The maximum atomic E-state index is 12.5. The Morgan fingerprint density at radius 1 is 1.30 bits per heavy atom. The fourth-order valence-electron chi connectivity index (χ4n) is 3.26. The van der Waals surface area contributed by atoms with Crippen molar-refractivity contribution in [3.8, 4) is 0 Å². The Bertz CT molecular complexity index is 707. The maximum absolute atomic E-state index is 12.5. The molecule has 2 aliphatic rings. The molecular formula is C18H27BN4O4. The number of hydrogen-bond donors (Lipinski definition) is 2. The average Bonchev–Trinajstić information content (AvgIpc) is 3.17. The Hall–Kier alpha value is -1.97. The predicted molar refractivity (Wildman–Crippen MR) is 102 cm³/mol. The highest BCUT2D eigenvalue weighted by atomic mass is 16.7. The molecule has 2 fully saturated rings. The Morgan fingerprint density at radius 3 is 2.52 bits per heavy atom. The van der Waals surface area contributed by atoms with Crippen molar-refractivity contribution in [2.75, 3.05) is 18.4 Å². The first-order valence-corrected chi connectivity index (χ1v) is 9.26. The quantitative estimate of drug-likeness (QED) is 0.733. The molecule has 3 heterocycles. The monoisotopic (exact) mass is 374 g/mol. The summed E-state index contributed by atoms with van der Waals surface area (Å²) < 4.78 is 12.0. The summed E-state index contributed by atoms with van der Waals surface area (Å²) in [5, 5.41) is 2.78. The van der Waals surface area contributed by atoms with E-state index in [4.69, 9.17) is 15.0 Å². The van der Waals surface area contributed by atoms with Crippen LogP contribution in [0.2, 0.25) is 0 Å². The van der Waals surface area contributed by atoms with E-state index in [1.54, 1.807) is 12.3 Å². The Labute approximate surface area is 159 Å². The van der Waals surface area contributed by atoms with Crippen molar-refractivity contribution >= 4 is 30.2 Å². The fourth-order valence-corrected chi connectivity index (χ4v) is 3.26. The van der Waals surface area contributed by atoms with Crippen LogP contribution in [0.15, 0.2) is 18.3 Å². The predicted octanol–water partition coefficient (Wildman–Crippen LogP) is 0.269. The number of aromatic nitrogens is 1. The lowest BCUT2D eigenvalue weighted by molar-refractivity contribution is -0.135. The molecule has 3 N–H and O–H groups in total.